The van der Waals surface area contributed by atoms with Crippen molar-refractivity contribution in [2.45, 2.75) is 46.1 Å². The van der Waals surface area contributed by atoms with Gasteiger partial charge in [0.1, 0.15) is 0 Å². The molecule has 0 spiro atoms. The molecule has 3 rings (SSSR count). The molecule has 4 heteroatoms. The molecular weight excluding hydrogens is 400 g/mol. The molecule has 0 atom stereocenters. The third-order valence-electron chi connectivity index (χ3n) is 5.43. The molecule has 2 aromatic rings. The second-order valence-corrected chi connectivity index (χ2v) is 8.78. The normalized spacial score (nSPS) is 15.9. The van der Waals surface area contributed by atoms with Crippen LogP contribution in [0.5, 0.6) is 0 Å². The van der Waals surface area contributed by atoms with Gasteiger partial charge in [0.15, 0.2) is 0 Å². The quantitative estimate of drug-likeness (QED) is 0.658. The lowest BCUT2D eigenvalue weighted by Crippen LogP contribution is -2.38. The van der Waals surface area contributed by atoms with E-state index in [1.165, 1.54) is 11.1 Å². The summed E-state index contributed by atoms with van der Waals surface area (Å²) in [6.07, 6.45) is 1.84. The van der Waals surface area contributed by atoms with Crippen molar-refractivity contribution in [3.8, 4) is 0 Å². The van der Waals surface area contributed by atoms with E-state index in [1.54, 1.807) is 0 Å². The van der Waals surface area contributed by atoms with E-state index in [9.17, 15) is 4.79 Å². The number of rotatable bonds is 5. The monoisotopic (exact) mass is 428 g/mol. The van der Waals surface area contributed by atoms with Crippen LogP contribution >= 0.6 is 15.9 Å². The Hall–Kier alpha value is -1.65. The van der Waals surface area contributed by atoms with Crippen molar-refractivity contribution in [2.75, 3.05) is 18.4 Å². The first-order valence-electron chi connectivity index (χ1n) is 9.81. The van der Waals surface area contributed by atoms with E-state index in [4.69, 9.17) is 0 Å². The average molecular weight is 429 g/mol. The van der Waals surface area contributed by atoms with Crippen LogP contribution in [0.4, 0.5) is 5.69 Å². The van der Waals surface area contributed by atoms with E-state index >= 15 is 0 Å². The Kier molecular flexibility index (Phi) is 6.72. The smallest absolute Gasteiger partial charge is 0.227 e. The molecule has 0 aromatic heterocycles. The summed E-state index contributed by atoms with van der Waals surface area (Å²) in [6.45, 7) is 9.30. The maximum Gasteiger partial charge on any atom is 0.227 e. The maximum absolute atomic E-state index is 12.9. The maximum atomic E-state index is 12.9. The first-order valence-corrected chi connectivity index (χ1v) is 10.6. The summed E-state index contributed by atoms with van der Waals surface area (Å²) < 4.78 is 1.12. The number of halogens is 1. The fraction of sp³-hybridized carbons (Fsp3) is 0.435. The Morgan fingerprint density at radius 1 is 1.19 bits per heavy atom. The summed E-state index contributed by atoms with van der Waals surface area (Å²) in [4.78, 5) is 15.3. The number of nitrogens with zero attached hydrogens (tertiary/aromatic N) is 1. The van der Waals surface area contributed by atoms with Gasteiger partial charge in [0.2, 0.25) is 5.91 Å². The molecule has 1 heterocycles. The predicted octanol–water partition coefficient (Wildman–Crippen LogP) is 5.73. The highest BCUT2D eigenvalue weighted by Gasteiger charge is 2.26. The fourth-order valence-corrected chi connectivity index (χ4v) is 4.26. The minimum atomic E-state index is 0.100. The van der Waals surface area contributed by atoms with Crippen molar-refractivity contribution in [3.05, 3.63) is 63.6 Å². The summed E-state index contributed by atoms with van der Waals surface area (Å²) in [7, 11) is 0. The predicted molar refractivity (Wildman–Crippen MR) is 116 cm³/mol. The van der Waals surface area contributed by atoms with Gasteiger partial charge < -0.3 is 5.32 Å². The number of hydrogen-bond donors (Lipinski definition) is 1. The molecule has 0 radical (unpaired) electrons. The largest absolute Gasteiger partial charge is 0.325 e. The van der Waals surface area contributed by atoms with E-state index in [-0.39, 0.29) is 11.8 Å². The number of nitrogens with one attached hydrogen (secondary N) is 1. The molecule has 1 aliphatic heterocycles. The lowest BCUT2D eigenvalue weighted by molar-refractivity contribution is -0.121. The molecule has 1 fully saturated rings. The number of hydrogen-bond acceptors (Lipinski definition) is 2. The number of carbonyl (C=O) groups is 1. The number of anilines is 1. The molecule has 144 valence electrons. The van der Waals surface area contributed by atoms with Crippen molar-refractivity contribution in [3.63, 3.8) is 0 Å². The van der Waals surface area contributed by atoms with E-state index in [0.29, 0.717) is 5.92 Å². The van der Waals surface area contributed by atoms with Crippen molar-refractivity contribution < 1.29 is 4.79 Å². The van der Waals surface area contributed by atoms with Crippen LogP contribution in [-0.2, 0) is 11.3 Å². The zero-order chi connectivity index (χ0) is 19.4. The van der Waals surface area contributed by atoms with Crippen LogP contribution < -0.4 is 5.32 Å². The van der Waals surface area contributed by atoms with Gasteiger partial charge >= 0.3 is 0 Å². The van der Waals surface area contributed by atoms with Crippen LogP contribution in [0, 0.1) is 12.8 Å². The molecule has 0 bridgehead atoms. The van der Waals surface area contributed by atoms with E-state index < -0.39 is 0 Å². The molecule has 27 heavy (non-hydrogen) atoms. The van der Waals surface area contributed by atoms with Gasteiger partial charge in [0, 0.05) is 22.6 Å². The molecule has 1 saturated heterocycles. The number of aryl methyl sites for hydroxylation is 1. The van der Waals surface area contributed by atoms with Gasteiger partial charge in [-0.15, -0.1) is 0 Å². The lowest BCUT2D eigenvalue weighted by atomic mass is 9.94. The molecule has 1 N–H and O–H groups in total. The van der Waals surface area contributed by atoms with Gasteiger partial charge in [0.05, 0.1) is 0 Å². The van der Waals surface area contributed by atoms with Crippen LogP contribution in [0.3, 0.4) is 0 Å². The number of piperidine rings is 1. The standard InChI is InChI=1S/C23H29BrN2O/c1-16(2)21-9-4-6-17(3)22(21)25-23(27)19-10-12-26(13-11-19)15-18-7-5-8-20(24)14-18/h4-9,14,16,19H,10-13,15H2,1-3H3,(H,25,27). The van der Waals surface area contributed by atoms with Crippen molar-refractivity contribution in [1.82, 2.24) is 4.90 Å². The van der Waals surface area contributed by atoms with Gasteiger partial charge in [-0.25, -0.2) is 0 Å². The van der Waals surface area contributed by atoms with Crippen molar-refractivity contribution in [2.24, 2.45) is 5.92 Å². The summed E-state index contributed by atoms with van der Waals surface area (Å²) in [6, 6.07) is 14.7. The Balaban J connectivity index is 1.58. The Morgan fingerprint density at radius 3 is 2.56 bits per heavy atom. The molecule has 1 aliphatic rings. The molecule has 0 aliphatic carbocycles. The summed E-state index contributed by atoms with van der Waals surface area (Å²) >= 11 is 3.54. The Morgan fingerprint density at radius 2 is 1.89 bits per heavy atom. The topological polar surface area (TPSA) is 32.3 Å². The number of carbonyl (C=O) groups excluding carboxylic acids is 1. The van der Waals surface area contributed by atoms with E-state index in [1.807, 2.05) is 0 Å². The molecule has 3 nitrogen and oxygen atoms in total. The van der Waals surface area contributed by atoms with E-state index in [0.717, 1.165) is 48.2 Å². The average Bonchev–Trinajstić information content (AvgIpc) is 2.63. The van der Waals surface area contributed by atoms with Crippen LogP contribution in [0.25, 0.3) is 0 Å². The molecule has 0 unspecified atom stereocenters. The number of amides is 1. The van der Waals surface area contributed by atoms with Gasteiger partial charge in [-0.05, 0) is 67.6 Å². The highest BCUT2D eigenvalue weighted by molar-refractivity contribution is 9.10. The molecule has 2 aromatic carbocycles. The second-order valence-electron chi connectivity index (χ2n) is 7.86. The number of benzene rings is 2. The SMILES string of the molecule is Cc1cccc(C(C)C)c1NC(=O)C1CCN(Cc2cccc(Br)c2)CC1. The number of para-hydroxylation sites is 1. The highest BCUT2D eigenvalue weighted by Crippen LogP contribution is 2.29. The zero-order valence-electron chi connectivity index (χ0n) is 16.5. The van der Waals surface area contributed by atoms with E-state index in [2.05, 4.69) is 89.4 Å². The van der Waals surface area contributed by atoms with Crippen LogP contribution in [-0.4, -0.2) is 23.9 Å². The van der Waals surface area contributed by atoms with Crippen LogP contribution in [0.2, 0.25) is 0 Å². The zero-order valence-corrected chi connectivity index (χ0v) is 18.1. The first kappa shape index (κ1) is 20.1. The van der Waals surface area contributed by atoms with Crippen LogP contribution in [0.1, 0.15) is 49.3 Å². The fourth-order valence-electron chi connectivity index (χ4n) is 3.81. The van der Waals surface area contributed by atoms with Crippen LogP contribution in [0.15, 0.2) is 46.9 Å². The Bertz CT molecular complexity index is 795. The molecule has 1 amide bonds. The first-order chi connectivity index (χ1) is 12.9. The minimum absolute atomic E-state index is 0.100. The van der Waals surface area contributed by atoms with Gasteiger partial charge in [0.25, 0.3) is 0 Å². The summed E-state index contributed by atoms with van der Waals surface area (Å²) in [5, 5.41) is 3.24. The summed E-state index contributed by atoms with van der Waals surface area (Å²) in [5.41, 5.74) is 4.68. The van der Waals surface area contributed by atoms with Gasteiger partial charge in [-0.2, -0.15) is 0 Å². The second kappa shape index (κ2) is 9.03. The lowest BCUT2D eigenvalue weighted by Gasteiger charge is -2.31. The third-order valence-corrected chi connectivity index (χ3v) is 5.92. The third kappa shape index (κ3) is 5.20. The Labute approximate surface area is 171 Å². The van der Waals surface area contributed by atoms with Crippen molar-refractivity contribution >= 4 is 27.5 Å². The minimum Gasteiger partial charge on any atom is -0.325 e. The highest BCUT2D eigenvalue weighted by atomic mass is 79.9. The van der Waals surface area contributed by atoms with Gasteiger partial charge in [-0.3, -0.25) is 9.69 Å². The number of likely N-dealkylation sites (tertiary alicyclic amines) is 1. The molecule has 0 saturated carbocycles. The summed E-state index contributed by atoms with van der Waals surface area (Å²) in [5.74, 6) is 0.670. The van der Waals surface area contributed by atoms with Gasteiger partial charge in [-0.1, -0.05) is 60.1 Å². The molecular formula is C23H29BrN2O. The van der Waals surface area contributed by atoms with Crippen molar-refractivity contribution in [1.29, 1.82) is 0 Å².